The second-order valence-corrected chi connectivity index (χ2v) is 15.3. The quantitative estimate of drug-likeness (QED) is 0.0836. The zero-order chi connectivity index (χ0) is 38.2. The molecule has 2 heterocycles. The summed E-state index contributed by atoms with van der Waals surface area (Å²) in [5.41, 5.74) is 8.15. The van der Waals surface area contributed by atoms with E-state index >= 15 is 0 Å². The van der Waals surface area contributed by atoms with Crippen molar-refractivity contribution in [3.63, 3.8) is 0 Å². The lowest BCUT2D eigenvalue weighted by Crippen LogP contribution is -2.35. The van der Waals surface area contributed by atoms with Crippen LogP contribution in [0.25, 0.3) is 60.1 Å². The van der Waals surface area contributed by atoms with Gasteiger partial charge in [0.2, 0.25) is 5.52 Å². The van der Waals surface area contributed by atoms with Crippen LogP contribution in [0.1, 0.15) is 28.6 Å². The fourth-order valence-electron chi connectivity index (χ4n) is 7.42. The van der Waals surface area contributed by atoms with Crippen molar-refractivity contribution >= 4 is 77.1 Å². The zero-order valence-corrected chi connectivity index (χ0v) is 32.5. The maximum absolute atomic E-state index is 6.58. The number of nitrogens with zero attached hydrogens (tertiary/aromatic N) is 2. The summed E-state index contributed by atoms with van der Waals surface area (Å²) in [5.74, 6) is 2.21. The van der Waals surface area contributed by atoms with Crippen LogP contribution >= 0.6 is 11.3 Å². The van der Waals surface area contributed by atoms with Crippen molar-refractivity contribution in [1.82, 2.24) is 0 Å². The van der Waals surface area contributed by atoms with Gasteiger partial charge in [-0.2, -0.15) is 0 Å². The molecule has 0 spiro atoms. The molecule has 56 heavy (non-hydrogen) atoms. The van der Waals surface area contributed by atoms with E-state index in [4.69, 9.17) is 9.47 Å². The molecular formula is C51H41N2O2S+. The van der Waals surface area contributed by atoms with Crippen LogP contribution in [0.15, 0.2) is 176 Å². The van der Waals surface area contributed by atoms with Crippen LogP contribution in [0, 0.1) is 13.8 Å². The normalized spacial score (nSPS) is 13.7. The number of rotatable bonds is 9. The average Bonchev–Trinajstić information content (AvgIpc) is 3.61. The maximum atomic E-state index is 6.58. The Labute approximate surface area is 331 Å². The number of aromatic nitrogens is 1. The Morgan fingerprint density at radius 1 is 0.732 bits per heavy atom. The van der Waals surface area contributed by atoms with E-state index < -0.39 is 0 Å². The first-order chi connectivity index (χ1) is 27.4. The number of benzene rings is 7. The first-order valence-corrected chi connectivity index (χ1v) is 19.7. The summed E-state index contributed by atoms with van der Waals surface area (Å²) < 4.78 is 16.3. The monoisotopic (exact) mass is 745 g/mol. The maximum Gasteiger partial charge on any atom is 0.373 e. The summed E-state index contributed by atoms with van der Waals surface area (Å²) in [5, 5.41) is 7.90. The summed E-state index contributed by atoms with van der Waals surface area (Å²) in [6.45, 7) is 11.4. The Balaban J connectivity index is 1.03. The van der Waals surface area contributed by atoms with Crippen LogP contribution in [0.2, 0.25) is 0 Å². The van der Waals surface area contributed by atoms with Crippen molar-refractivity contribution in [3.8, 4) is 11.5 Å². The minimum absolute atomic E-state index is 0.408. The van der Waals surface area contributed by atoms with Gasteiger partial charge in [0, 0.05) is 46.6 Å². The molecule has 0 fully saturated rings. The summed E-state index contributed by atoms with van der Waals surface area (Å²) >= 11 is 1.75. The summed E-state index contributed by atoms with van der Waals surface area (Å²) in [7, 11) is 0. The summed E-state index contributed by atoms with van der Waals surface area (Å²) in [6, 6.07) is 46.4. The van der Waals surface area contributed by atoms with Crippen molar-refractivity contribution < 1.29 is 14.0 Å². The second-order valence-electron chi connectivity index (χ2n) is 14.2. The van der Waals surface area contributed by atoms with Crippen LogP contribution < -0.4 is 18.9 Å². The van der Waals surface area contributed by atoms with E-state index in [-0.39, 0.29) is 0 Å². The molecule has 1 aromatic heterocycles. The van der Waals surface area contributed by atoms with E-state index in [1.165, 1.54) is 37.5 Å². The van der Waals surface area contributed by atoms with Gasteiger partial charge >= 0.3 is 5.88 Å². The third-order valence-corrected chi connectivity index (χ3v) is 11.7. The molecule has 1 aliphatic heterocycles. The molecule has 8 aromatic rings. The van der Waals surface area contributed by atoms with Gasteiger partial charge < -0.3 is 14.4 Å². The lowest BCUT2D eigenvalue weighted by Gasteiger charge is -2.29. The molecule has 5 heteroatoms. The number of aryl methyl sites for hydroxylation is 2. The predicted molar refractivity (Wildman–Crippen MR) is 237 cm³/mol. The Bertz CT molecular complexity index is 2950. The topological polar surface area (TPSA) is 25.6 Å². The molecule has 0 atom stereocenters. The highest BCUT2D eigenvalue weighted by molar-refractivity contribution is 7.19. The fraction of sp³-hybridized carbons (Fsp3) is 0.0784. The Kier molecular flexibility index (Phi) is 9.30. The van der Waals surface area contributed by atoms with E-state index in [2.05, 4.69) is 170 Å². The molecule has 0 unspecified atom stereocenters. The van der Waals surface area contributed by atoms with Crippen LogP contribution in [-0.2, 0) is 0 Å². The van der Waals surface area contributed by atoms with Crippen molar-refractivity contribution in [3.05, 3.63) is 198 Å². The molecule has 0 aliphatic carbocycles. The molecule has 0 radical (unpaired) electrons. The van der Waals surface area contributed by atoms with Crippen LogP contribution in [0.3, 0.4) is 0 Å². The van der Waals surface area contributed by atoms with Gasteiger partial charge in [-0.05, 0) is 90.0 Å². The number of ether oxygens (including phenoxy) is 2. The molecule has 0 saturated heterocycles. The Morgan fingerprint density at radius 2 is 1.36 bits per heavy atom. The van der Waals surface area contributed by atoms with Crippen molar-refractivity contribution in [2.75, 3.05) is 11.6 Å². The van der Waals surface area contributed by atoms with Gasteiger partial charge in [0.25, 0.3) is 5.01 Å². The van der Waals surface area contributed by atoms with Crippen LogP contribution in [0.5, 0.6) is 11.5 Å². The lowest BCUT2D eigenvalue weighted by molar-refractivity contribution is -0.565. The van der Waals surface area contributed by atoms with Gasteiger partial charge in [0.1, 0.15) is 16.2 Å². The number of fused-ring (bicyclic) bond motifs is 6. The standard InChI is InChI=1S/C51H41N2O2S/c1-34(23-25-41-29-30-52(47-32-36(3)35(2)31-45(41)47)33-54-48-21-11-16-38-13-5-8-18-42(38)48)24-28-50-53(46-27-26-40-15-7-10-20-44(40)51(46)56-50)37(4)55-49-22-12-17-39-14-6-9-19-43(39)49/h5-32H,4,33H2,1-3H3/q+1. The Morgan fingerprint density at radius 3 is 2.11 bits per heavy atom. The fourth-order valence-corrected chi connectivity index (χ4v) is 8.61. The molecule has 0 saturated carbocycles. The van der Waals surface area contributed by atoms with Gasteiger partial charge in [-0.3, -0.25) is 0 Å². The Hall–Kier alpha value is -6.69. The van der Waals surface area contributed by atoms with Gasteiger partial charge in [0.05, 0.1) is 5.69 Å². The molecule has 7 aromatic carbocycles. The van der Waals surface area contributed by atoms with Crippen molar-refractivity contribution in [1.29, 1.82) is 0 Å². The number of allylic oxidation sites excluding steroid dienone is 6. The number of hydrogen-bond donors (Lipinski definition) is 0. The van der Waals surface area contributed by atoms with E-state index in [1.54, 1.807) is 11.3 Å². The van der Waals surface area contributed by atoms with Gasteiger partial charge in [-0.1, -0.05) is 132 Å². The molecule has 272 valence electrons. The van der Waals surface area contributed by atoms with Gasteiger partial charge in [-0.25, -0.2) is 0 Å². The molecule has 0 amide bonds. The molecule has 4 nitrogen and oxygen atoms in total. The highest BCUT2D eigenvalue weighted by Gasteiger charge is 2.26. The molecule has 9 rings (SSSR count). The number of anilines is 1. The third-order valence-electron chi connectivity index (χ3n) is 10.5. The summed E-state index contributed by atoms with van der Waals surface area (Å²) in [4.78, 5) is 2.19. The molecular weight excluding hydrogens is 705 g/mol. The average molecular weight is 746 g/mol. The second kappa shape index (κ2) is 14.9. The van der Waals surface area contributed by atoms with Crippen molar-refractivity contribution in [2.24, 2.45) is 0 Å². The zero-order valence-electron chi connectivity index (χ0n) is 31.7. The largest absolute Gasteiger partial charge is 0.472 e. The highest BCUT2D eigenvalue weighted by Crippen LogP contribution is 2.37. The molecule has 1 aliphatic rings. The number of hydrogen-bond acceptors (Lipinski definition) is 4. The lowest BCUT2D eigenvalue weighted by atomic mass is 9.95. The van der Waals surface area contributed by atoms with E-state index in [0.29, 0.717) is 12.6 Å². The van der Waals surface area contributed by atoms with E-state index in [9.17, 15) is 0 Å². The number of thiazole rings is 1. The minimum atomic E-state index is 0.408. The van der Waals surface area contributed by atoms with Gasteiger partial charge in [0.15, 0.2) is 6.73 Å². The van der Waals surface area contributed by atoms with E-state index in [0.717, 1.165) is 55.0 Å². The summed E-state index contributed by atoms with van der Waals surface area (Å²) in [6.07, 6.45) is 13.0. The molecule has 0 bridgehead atoms. The minimum Gasteiger partial charge on any atom is -0.472 e. The first kappa shape index (κ1) is 35.0. The van der Waals surface area contributed by atoms with Crippen LogP contribution in [-0.4, -0.2) is 6.73 Å². The third kappa shape index (κ3) is 6.67. The van der Waals surface area contributed by atoms with Gasteiger partial charge in [-0.15, -0.1) is 4.57 Å². The highest BCUT2D eigenvalue weighted by atomic mass is 32.1. The van der Waals surface area contributed by atoms with Crippen LogP contribution in [0.4, 0.5) is 5.69 Å². The SMILES string of the molecule is C=C(Oc1cccc2ccccc12)[n+]1c(/C=C/C(C)=C/C=C2\C=CN(COc3cccc4ccccc34)c3cc(C)c(C)cc32)sc2c3ccccc3ccc21. The molecule has 0 N–H and O–H groups in total. The van der Waals surface area contributed by atoms with Crippen molar-refractivity contribution in [2.45, 2.75) is 20.8 Å². The first-order valence-electron chi connectivity index (χ1n) is 18.9. The predicted octanol–water partition coefficient (Wildman–Crippen LogP) is 13.2. The smallest absolute Gasteiger partial charge is 0.373 e. The van der Waals surface area contributed by atoms with E-state index in [1.807, 2.05) is 36.4 Å².